The van der Waals surface area contributed by atoms with E-state index in [1.54, 1.807) is 46.8 Å². The molecule has 1 amide bonds. The van der Waals surface area contributed by atoms with Crippen LogP contribution in [0.15, 0.2) is 71.6 Å². The minimum absolute atomic E-state index is 0.0580. The zero-order chi connectivity index (χ0) is 29.6. The van der Waals surface area contributed by atoms with Crippen LogP contribution in [0.5, 0.6) is 11.5 Å². The molecule has 9 heteroatoms. The molecule has 3 atom stereocenters. The largest absolute Gasteiger partial charge is 0.496 e. The number of hydrogen-bond donors (Lipinski definition) is 2. The van der Waals surface area contributed by atoms with Crippen molar-refractivity contribution in [3.8, 4) is 11.5 Å². The smallest absolute Gasteiger partial charge is 0.408 e. The number of carbonyl (C=O) groups is 2. The zero-order valence-electron chi connectivity index (χ0n) is 24.4. The summed E-state index contributed by atoms with van der Waals surface area (Å²) in [4.78, 5) is 26.2. The van der Waals surface area contributed by atoms with Crippen molar-refractivity contribution in [2.24, 2.45) is 0 Å². The molecule has 0 fully saturated rings. The predicted molar refractivity (Wildman–Crippen MR) is 161 cm³/mol. The van der Waals surface area contributed by atoms with Crippen LogP contribution in [0.25, 0.3) is 0 Å². The lowest BCUT2D eigenvalue weighted by atomic mass is 9.90. The van der Waals surface area contributed by atoms with Crippen LogP contribution >= 0.6 is 11.8 Å². The van der Waals surface area contributed by atoms with Crippen LogP contribution in [-0.2, 0) is 20.7 Å². The van der Waals surface area contributed by atoms with Gasteiger partial charge in [0.25, 0.3) is 0 Å². The lowest BCUT2D eigenvalue weighted by molar-refractivity contribution is -0.143. The maximum atomic E-state index is 12.6. The van der Waals surface area contributed by atoms with Crippen molar-refractivity contribution in [2.45, 2.75) is 61.4 Å². The molecule has 2 N–H and O–H groups in total. The number of carbonyl (C=O) groups excluding carboxylic acids is 2. The van der Waals surface area contributed by atoms with Gasteiger partial charge in [-0.3, -0.25) is 0 Å². The monoisotopic (exact) mass is 578 g/mol. The normalized spacial score (nSPS) is 16.9. The van der Waals surface area contributed by atoms with E-state index in [4.69, 9.17) is 18.9 Å². The second-order valence-corrected chi connectivity index (χ2v) is 12.1. The second-order valence-electron chi connectivity index (χ2n) is 10.8. The Morgan fingerprint density at radius 3 is 2.27 bits per heavy atom. The molecule has 0 bridgehead atoms. The van der Waals surface area contributed by atoms with E-state index in [2.05, 4.69) is 28.8 Å². The topological polar surface area (TPSA) is 95.1 Å². The highest BCUT2D eigenvalue weighted by Crippen LogP contribution is 2.51. The van der Waals surface area contributed by atoms with Crippen LogP contribution in [-0.4, -0.2) is 45.0 Å². The van der Waals surface area contributed by atoms with Gasteiger partial charge in [-0.25, -0.2) is 9.59 Å². The average molecular weight is 579 g/mol. The Bertz CT molecular complexity index is 1340. The van der Waals surface area contributed by atoms with Crippen molar-refractivity contribution in [3.05, 3.63) is 83.4 Å². The number of methoxy groups -OCH3 is 3. The van der Waals surface area contributed by atoms with Gasteiger partial charge in [0.15, 0.2) is 0 Å². The highest BCUT2D eigenvalue weighted by Gasteiger charge is 2.33. The molecule has 2 unspecified atom stereocenters. The fraction of sp³-hybridized carbons (Fsp3) is 0.375. The Morgan fingerprint density at radius 2 is 1.66 bits per heavy atom. The molecule has 1 heterocycles. The molecule has 4 rings (SSSR count). The molecule has 0 saturated carbocycles. The van der Waals surface area contributed by atoms with E-state index >= 15 is 0 Å². The molecule has 0 aromatic heterocycles. The molecular formula is C32H38N2O6S. The number of benzene rings is 3. The highest BCUT2D eigenvalue weighted by atomic mass is 32.2. The zero-order valence-corrected chi connectivity index (χ0v) is 25.2. The summed E-state index contributed by atoms with van der Waals surface area (Å²) in [6.07, 6.45) is 0.355. The van der Waals surface area contributed by atoms with Gasteiger partial charge in [0, 0.05) is 22.3 Å². The van der Waals surface area contributed by atoms with Crippen LogP contribution < -0.4 is 20.1 Å². The van der Waals surface area contributed by atoms with Crippen LogP contribution in [0.3, 0.4) is 0 Å². The summed E-state index contributed by atoms with van der Waals surface area (Å²) in [6, 6.07) is 21.2. The number of amides is 1. The Labute approximate surface area is 246 Å². The van der Waals surface area contributed by atoms with Gasteiger partial charge in [0.2, 0.25) is 0 Å². The summed E-state index contributed by atoms with van der Waals surface area (Å²) in [5.74, 6) is 0.990. The molecule has 3 aromatic rings. The minimum Gasteiger partial charge on any atom is -0.496 e. The number of ether oxygens (including phenoxy) is 4. The maximum Gasteiger partial charge on any atom is 0.408 e. The summed E-state index contributed by atoms with van der Waals surface area (Å²) in [6.45, 7) is 5.32. The Morgan fingerprint density at radius 1 is 0.976 bits per heavy atom. The summed E-state index contributed by atoms with van der Waals surface area (Å²) in [7, 11) is 4.64. The first-order valence-corrected chi connectivity index (χ1v) is 14.4. The molecule has 41 heavy (non-hydrogen) atoms. The maximum absolute atomic E-state index is 12.6. The molecule has 1 aliphatic heterocycles. The number of alkyl carbamates (subject to hydrolysis) is 1. The van der Waals surface area contributed by atoms with Crippen molar-refractivity contribution in [3.63, 3.8) is 0 Å². The average Bonchev–Trinajstić information content (AvgIpc) is 2.95. The second kappa shape index (κ2) is 13.2. The van der Waals surface area contributed by atoms with Crippen molar-refractivity contribution >= 4 is 29.5 Å². The fourth-order valence-electron chi connectivity index (χ4n) is 4.93. The summed E-state index contributed by atoms with van der Waals surface area (Å²) >= 11 is 1.78. The number of esters is 1. The number of fused-ring (bicyclic) bond motifs is 1. The molecule has 8 nitrogen and oxygen atoms in total. The number of thioether (sulfide) groups is 1. The van der Waals surface area contributed by atoms with E-state index in [9.17, 15) is 9.59 Å². The predicted octanol–water partition coefficient (Wildman–Crippen LogP) is 6.70. The van der Waals surface area contributed by atoms with Gasteiger partial charge in [0.1, 0.15) is 23.1 Å². The molecule has 0 aliphatic carbocycles. The molecule has 3 aromatic carbocycles. The van der Waals surface area contributed by atoms with Crippen LogP contribution in [0, 0.1) is 0 Å². The molecule has 0 saturated heterocycles. The molecule has 1 aliphatic rings. The van der Waals surface area contributed by atoms with Crippen molar-refractivity contribution in [1.82, 2.24) is 5.32 Å². The number of rotatable bonds is 9. The number of nitrogens with one attached hydrogen (secondary N) is 2. The summed E-state index contributed by atoms with van der Waals surface area (Å²) < 4.78 is 21.8. The first kappa shape index (κ1) is 30.1. The van der Waals surface area contributed by atoms with Crippen LogP contribution in [0.4, 0.5) is 10.5 Å². The third-order valence-corrected chi connectivity index (χ3v) is 7.97. The third-order valence-electron chi connectivity index (χ3n) is 6.69. The first-order chi connectivity index (χ1) is 19.6. The minimum atomic E-state index is -0.893. The quantitative estimate of drug-likeness (QED) is 0.271. The lowest BCUT2D eigenvalue weighted by Crippen LogP contribution is -2.45. The molecule has 0 radical (unpaired) electrons. The van der Waals surface area contributed by atoms with Crippen LogP contribution in [0.2, 0.25) is 0 Å². The van der Waals surface area contributed by atoms with E-state index in [-0.39, 0.29) is 17.7 Å². The SMILES string of the molecule is COC(=O)[C@H](Cc1ccc2c(c1)C(Sc1ccccc1)CC(c1c(OC)cccc1OC)N2)NC(=O)OC(C)(C)C. The van der Waals surface area contributed by atoms with Crippen molar-refractivity contribution < 1.29 is 28.5 Å². The van der Waals surface area contributed by atoms with Gasteiger partial charge in [-0.1, -0.05) is 36.4 Å². The third kappa shape index (κ3) is 7.67. The fourth-order valence-corrected chi connectivity index (χ4v) is 6.19. The standard InChI is InChI=1S/C32H38N2O6S/c1-32(2,3)40-31(36)34-25(30(35)39-6)18-20-15-16-23-22(17-20)28(41-21-11-8-7-9-12-21)19-24(33-23)29-26(37-4)13-10-14-27(29)38-5/h7-17,24-25,28,33H,18-19H2,1-6H3,(H,34,36)/t24?,25-,28?/m0/s1. The molecule has 0 spiro atoms. The van der Waals surface area contributed by atoms with Gasteiger partial charge >= 0.3 is 12.1 Å². The van der Waals surface area contributed by atoms with Gasteiger partial charge in [-0.2, -0.15) is 0 Å². The Balaban J connectivity index is 1.67. The van der Waals surface area contributed by atoms with E-state index in [1.165, 1.54) is 7.11 Å². The van der Waals surface area contributed by atoms with Gasteiger partial charge < -0.3 is 29.6 Å². The van der Waals surface area contributed by atoms with Gasteiger partial charge in [-0.05, 0) is 68.7 Å². The summed E-state index contributed by atoms with van der Waals surface area (Å²) in [5, 5.41) is 6.46. The van der Waals surface area contributed by atoms with E-state index in [1.807, 2.05) is 48.5 Å². The highest BCUT2D eigenvalue weighted by molar-refractivity contribution is 7.99. The van der Waals surface area contributed by atoms with Gasteiger partial charge in [-0.15, -0.1) is 11.8 Å². The van der Waals surface area contributed by atoms with Crippen molar-refractivity contribution in [1.29, 1.82) is 0 Å². The summed E-state index contributed by atoms with van der Waals surface area (Å²) in [5.41, 5.74) is 3.27. The van der Waals surface area contributed by atoms with E-state index < -0.39 is 23.7 Å². The Hall–Kier alpha value is -3.85. The number of anilines is 1. The Kier molecular flexibility index (Phi) is 9.70. The first-order valence-electron chi connectivity index (χ1n) is 13.5. The molecule has 218 valence electrons. The van der Waals surface area contributed by atoms with E-state index in [0.29, 0.717) is 0 Å². The van der Waals surface area contributed by atoms with Crippen LogP contribution in [0.1, 0.15) is 55.2 Å². The lowest BCUT2D eigenvalue weighted by Gasteiger charge is -2.35. The molecular weight excluding hydrogens is 540 g/mol. The number of hydrogen-bond acceptors (Lipinski definition) is 8. The van der Waals surface area contributed by atoms with Gasteiger partial charge in [0.05, 0.1) is 32.9 Å². The van der Waals surface area contributed by atoms with Crippen molar-refractivity contribution in [2.75, 3.05) is 26.6 Å². The van der Waals surface area contributed by atoms with E-state index in [0.717, 1.165) is 45.2 Å².